The number of urea groups is 1. The summed E-state index contributed by atoms with van der Waals surface area (Å²) in [6.45, 7) is 3.72. The summed E-state index contributed by atoms with van der Waals surface area (Å²) in [5, 5.41) is 11.9. The first-order valence-electron chi connectivity index (χ1n) is 6.35. The average molecular weight is 322 g/mol. The minimum absolute atomic E-state index is 0.124. The van der Waals surface area contributed by atoms with Gasteiger partial charge in [-0.1, -0.05) is 22.9 Å². The van der Waals surface area contributed by atoms with Crippen LogP contribution in [0.25, 0.3) is 0 Å². The molecule has 19 heavy (non-hydrogen) atoms. The summed E-state index contributed by atoms with van der Waals surface area (Å²) < 4.78 is 0.841. The third-order valence-electron chi connectivity index (χ3n) is 3.29. The molecule has 100 valence electrons. The lowest BCUT2D eigenvalue weighted by atomic mass is 10.0. The maximum absolute atomic E-state index is 12.2. The van der Waals surface area contributed by atoms with Crippen LogP contribution in [0.4, 0.5) is 10.5 Å². The second-order valence-electron chi connectivity index (χ2n) is 4.93. The molecule has 5 heteroatoms. The zero-order valence-corrected chi connectivity index (χ0v) is 12.4. The fourth-order valence-electron chi connectivity index (χ4n) is 2.29. The van der Waals surface area contributed by atoms with Gasteiger partial charge in [0.05, 0.1) is 11.3 Å². The van der Waals surface area contributed by atoms with Crippen LogP contribution in [-0.4, -0.2) is 24.0 Å². The topological polar surface area (TPSA) is 56.1 Å². The van der Waals surface area contributed by atoms with E-state index in [1.165, 1.54) is 6.42 Å². The minimum Gasteiger partial charge on any atom is -0.324 e. The highest BCUT2D eigenvalue weighted by Gasteiger charge is 2.21. The third-order valence-corrected chi connectivity index (χ3v) is 3.78. The Balaban J connectivity index is 2.10. The van der Waals surface area contributed by atoms with Crippen molar-refractivity contribution >= 4 is 27.6 Å². The molecule has 1 saturated heterocycles. The molecule has 4 nitrogen and oxygen atoms in total. The van der Waals surface area contributed by atoms with Gasteiger partial charge in [0, 0.05) is 17.6 Å². The summed E-state index contributed by atoms with van der Waals surface area (Å²) in [5.41, 5.74) is 1.03. The number of nitriles is 1. The first-order valence-corrected chi connectivity index (χ1v) is 7.15. The Labute approximate surface area is 121 Å². The first kappa shape index (κ1) is 13.9. The van der Waals surface area contributed by atoms with Crippen molar-refractivity contribution in [3.63, 3.8) is 0 Å². The van der Waals surface area contributed by atoms with Crippen molar-refractivity contribution in [2.45, 2.75) is 19.8 Å². The quantitative estimate of drug-likeness (QED) is 0.859. The monoisotopic (exact) mass is 321 g/mol. The molecule has 0 bridgehead atoms. The molecule has 1 N–H and O–H groups in total. The number of likely N-dealkylation sites (tertiary alicyclic amines) is 1. The van der Waals surface area contributed by atoms with Crippen LogP contribution in [0.15, 0.2) is 22.7 Å². The maximum Gasteiger partial charge on any atom is 0.321 e. The van der Waals surface area contributed by atoms with E-state index in [0.717, 1.165) is 24.0 Å². The first-order chi connectivity index (χ1) is 9.10. The fourth-order valence-corrected chi connectivity index (χ4v) is 2.65. The molecular weight excluding hydrogens is 306 g/mol. The summed E-state index contributed by atoms with van der Waals surface area (Å²) in [4.78, 5) is 14.0. The van der Waals surface area contributed by atoms with Gasteiger partial charge in [-0.05, 0) is 37.0 Å². The standard InChI is InChI=1S/C14H16BrN3O/c1-10-3-2-6-18(9-10)14(19)17-13-7-12(15)5-4-11(13)8-16/h4-5,7,10H,2-3,6,9H2,1H3,(H,17,19). The highest BCUT2D eigenvalue weighted by atomic mass is 79.9. The molecule has 1 aromatic rings. The molecule has 0 radical (unpaired) electrons. The third kappa shape index (κ3) is 3.48. The fraction of sp³-hybridized carbons (Fsp3) is 0.429. The van der Waals surface area contributed by atoms with Gasteiger partial charge in [0.15, 0.2) is 0 Å². The van der Waals surface area contributed by atoms with Crippen molar-refractivity contribution < 1.29 is 4.79 Å². The lowest BCUT2D eigenvalue weighted by molar-refractivity contribution is 0.182. The van der Waals surface area contributed by atoms with Gasteiger partial charge >= 0.3 is 6.03 Å². The predicted octanol–water partition coefficient (Wildman–Crippen LogP) is 3.58. The van der Waals surface area contributed by atoms with E-state index in [4.69, 9.17) is 5.26 Å². The molecule has 1 heterocycles. The number of amides is 2. The number of carbonyl (C=O) groups is 1. The number of hydrogen-bond acceptors (Lipinski definition) is 2. The van der Waals surface area contributed by atoms with Crippen LogP contribution in [0, 0.1) is 17.2 Å². The van der Waals surface area contributed by atoms with Crippen molar-refractivity contribution in [3.05, 3.63) is 28.2 Å². The SMILES string of the molecule is CC1CCCN(C(=O)Nc2cc(Br)ccc2C#N)C1. The van der Waals surface area contributed by atoms with E-state index in [-0.39, 0.29) is 6.03 Å². The zero-order valence-electron chi connectivity index (χ0n) is 10.8. The highest BCUT2D eigenvalue weighted by Crippen LogP contribution is 2.22. The number of nitrogens with zero attached hydrogens (tertiary/aromatic N) is 2. The highest BCUT2D eigenvalue weighted by molar-refractivity contribution is 9.10. The van der Waals surface area contributed by atoms with E-state index in [0.29, 0.717) is 17.2 Å². The van der Waals surface area contributed by atoms with Crippen molar-refractivity contribution in [2.24, 2.45) is 5.92 Å². The van der Waals surface area contributed by atoms with Gasteiger partial charge in [-0.2, -0.15) is 5.26 Å². The van der Waals surface area contributed by atoms with E-state index >= 15 is 0 Å². The van der Waals surface area contributed by atoms with Crippen LogP contribution in [0.1, 0.15) is 25.3 Å². The Morgan fingerprint density at radius 3 is 3.05 bits per heavy atom. The van der Waals surface area contributed by atoms with Crippen LogP contribution >= 0.6 is 15.9 Å². The molecule has 1 aliphatic rings. The second-order valence-corrected chi connectivity index (χ2v) is 5.84. The van der Waals surface area contributed by atoms with E-state index < -0.39 is 0 Å². The van der Waals surface area contributed by atoms with Crippen LogP contribution in [0.3, 0.4) is 0 Å². The Bertz CT molecular complexity index is 524. The molecule has 1 fully saturated rings. The number of carbonyl (C=O) groups excluding carboxylic acids is 1. The van der Waals surface area contributed by atoms with Crippen LogP contribution in [-0.2, 0) is 0 Å². The number of piperidine rings is 1. The summed E-state index contributed by atoms with van der Waals surface area (Å²) in [5.74, 6) is 0.539. The molecule has 0 spiro atoms. The van der Waals surface area contributed by atoms with E-state index in [2.05, 4.69) is 34.2 Å². The van der Waals surface area contributed by atoms with E-state index in [9.17, 15) is 4.79 Å². The molecule has 1 aromatic carbocycles. The molecule has 1 atom stereocenters. The molecule has 2 amide bonds. The Kier molecular flexibility index (Phi) is 4.43. The normalized spacial score (nSPS) is 18.8. The van der Waals surface area contributed by atoms with Gasteiger partial charge in [0.25, 0.3) is 0 Å². The number of anilines is 1. The average Bonchev–Trinajstić information content (AvgIpc) is 2.39. The van der Waals surface area contributed by atoms with Crippen LogP contribution < -0.4 is 5.32 Å². The zero-order chi connectivity index (χ0) is 13.8. The minimum atomic E-state index is -0.124. The molecule has 0 aliphatic carbocycles. The predicted molar refractivity (Wildman–Crippen MR) is 77.8 cm³/mol. The molecule has 1 aliphatic heterocycles. The van der Waals surface area contributed by atoms with Crippen molar-refractivity contribution in [2.75, 3.05) is 18.4 Å². The van der Waals surface area contributed by atoms with Gasteiger partial charge < -0.3 is 10.2 Å². The van der Waals surface area contributed by atoms with Crippen LogP contribution in [0.2, 0.25) is 0 Å². The summed E-state index contributed by atoms with van der Waals surface area (Å²) in [6, 6.07) is 7.20. The Hall–Kier alpha value is -1.54. The van der Waals surface area contributed by atoms with Gasteiger partial charge in [0.1, 0.15) is 6.07 Å². The number of benzene rings is 1. The van der Waals surface area contributed by atoms with Gasteiger partial charge in [-0.15, -0.1) is 0 Å². The number of rotatable bonds is 1. The number of halogens is 1. The summed E-state index contributed by atoms with van der Waals surface area (Å²) in [6.07, 6.45) is 2.21. The van der Waals surface area contributed by atoms with Crippen molar-refractivity contribution in [1.82, 2.24) is 4.90 Å². The molecular formula is C14H16BrN3O. The molecule has 1 unspecified atom stereocenters. The lowest BCUT2D eigenvalue weighted by Gasteiger charge is -2.31. The Morgan fingerprint density at radius 2 is 2.37 bits per heavy atom. The summed E-state index contributed by atoms with van der Waals surface area (Å²) >= 11 is 3.35. The van der Waals surface area contributed by atoms with Gasteiger partial charge in [-0.3, -0.25) is 0 Å². The number of hydrogen-bond donors (Lipinski definition) is 1. The van der Waals surface area contributed by atoms with Crippen molar-refractivity contribution in [3.8, 4) is 6.07 Å². The van der Waals surface area contributed by atoms with E-state index in [1.807, 2.05) is 4.90 Å². The lowest BCUT2D eigenvalue weighted by Crippen LogP contribution is -2.41. The molecule has 0 aromatic heterocycles. The smallest absolute Gasteiger partial charge is 0.321 e. The summed E-state index contributed by atoms with van der Waals surface area (Å²) in [7, 11) is 0. The van der Waals surface area contributed by atoms with E-state index in [1.54, 1.807) is 18.2 Å². The molecule has 2 rings (SSSR count). The van der Waals surface area contributed by atoms with Gasteiger partial charge in [0.2, 0.25) is 0 Å². The molecule has 0 saturated carbocycles. The van der Waals surface area contributed by atoms with Crippen molar-refractivity contribution in [1.29, 1.82) is 5.26 Å². The maximum atomic E-state index is 12.2. The Morgan fingerprint density at radius 1 is 1.58 bits per heavy atom. The number of nitrogens with one attached hydrogen (secondary N) is 1. The van der Waals surface area contributed by atoms with Crippen LogP contribution in [0.5, 0.6) is 0 Å². The largest absolute Gasteiger partial charge is 0.324 e. The van der Waals surface area contributed by atoms with Gasteiger partial charge in [-0.25, -0.2) is 4.79 Å². The second kappa shape index (κ2) is 6.07.